The van der Waals surface area contributed by atoms with Crippen LogP contribution >= 0.6 is 0 Å². The predicted molar refractivity (Wildman–Crippen MR) is 82.4 cm³/mol. The van der Waals surface area contributed by atoms with E-state index in [-0.39, 0.29) is 5.54 Å². The molecule has 0 bridgehead atoms. The highest BCUT2D eigenvalue weighted by Crippen LogP contribution is 2.05. The van der Waals surface area contributed by atoms with Gasteiger partial charge in [-0.05, 0) is 59.8 Å². The third-order valence-electron chi connectivity index (χ3n) is 3.42. The molecule has 0 fully saturated rings. The maximum atomic E-state index is 4.37. The second-order valence-electron chi connectivity index (χ2n) is 6.37. The zero-order valence-electron chi connectivity index (χ0n) is 13.1. The highest BCUT2D eigenvalue weighted by molar-refractivity contribution is 5.03. The van der Waals surface area contributed by atoms with Gasteiger partial charge in [-0.2, -0.15) is 0 Å². The van der Waals surface area contributed by atoms with Gasteiger partial charge in [-0.25, -0.2) is 0 Å². The Morgan fingerprint density at radius 1 is 1.32 bits per heavy atom. The van der Waals surface area contributed by atoms with Crippen LogP contribution in [0.25, 0.3) is 0 Å². The number of hydrogen-bond donors (Lipinski definition) is 1. The van der Waals surface area contributed by atoms with Crippen LogP contribution in [-0.2, 0) is 6.42 Å². The maximum absolute atomic E-state index is 4.37. The van der Waals surface area contributed by atoms with Gasteiger partial charge >= 0.3 is 0 Å². The molecule has 0 spiro atoms. The smallest absolute Gasteiger partial charge is 0.0416 e. The number of rotatable bonds is 7. The second kappa shape index (κ2) is 7.61. The number of nitrogens with zero attached hydrogens (tertiary/aromatic N) is 2. The molecule has 3 nitrogen and oxygen atoms in total. The van der Waals surface area contributed by atoms with Gasteiger partial charge in [0.15, 0.2) is 0 Å². The van der Waals surface area contributed by atoms with E-state index in [9.17, 15) is 0 Å². The third-order valence-corrected chi connectivity index (χ3v) is 3.42. The highest BCUT2D eigenvalue weighted by atomic mass is 15.1. The van der Waals surface area contributed by atoms with E-state index < -0.39 is 0 Å². The molecule has 1 N–H and O–H groups in total. The summed E-state index contributed by atoms with van der Waals surface area (Å²) < 4.78 is 0. The fourth-order valence-corrected chi connectivity index (χ4v) is 1.93. The third kappa shape index (κ3) is 7.28. The van der Waals surface area contributed by atoms with E-state index in [1.54, 1.807) is 0 Å². The van der Waals surface area contributed by atoms with Crippen LogP contribution in [0, 0.1) is 0 Å². The Morgan fingerprint density at radius 3 is 2.63 bits per heavy atom. The molecule has 0 amide bonds. The first-order chi connectivity index (χ1) is 8.88. The summed E-state index contributed by atoms with van der Waals surface area (Å²) in [5.74, 6) is 0. The molecule has 3 heteroatoms. The minimum absolute atomic E-state index is 0.215. The molecule has 0 aliphatic heterocycles. The summed E-state index contributed by atoms with van der Waals surface area (Å²) in [5, 5.41) is 3.54. The second-order valence-corrected chi connectivity index (χ2v) is 6.37. The van der Waals surface area contributed by atoms with Crippen LogP contribution in [0.4, 0.5) is 0 Å². The standard InChI is InChI=1S/C16H29N3/c1-14(9-12-18-16(2,3)4)19(5)13-10-15-8-6-7-11-17-15/h6-8,11,14,18H,9-10,12-13H2,1-5H3. The van der Waals surface area contributed by atoms with Gasteiger partial charge in [0.1, 0.15) is 0 Å². The summed E-state index contributed by atoms with van der Waals surface area (Å²) in [6.07, 6.45) is 4.07. The fourth-order valence-electron chi connectivity index (χ4n) is 1.93. The first-order valence-corrected chi connectivity index (χ1v) is 7.23. The zero-order chi connectivity index (χ0) is 14.3. The van der Waals surface area contributed by atoms with Gasteiger partial charge in [-0.1, -0.05) is 6.07 Å². The van der Waals surface area contributed by atoms with Gasteiger partial charge in [0.05, 0.1) is 0 Å². The molecule has 0 aliphatic rings. The number of likely N-dealkylation sites (N-methyl/N-ethyl adjacent to an activating group) is 1. The number of pyridine rings is 1. The van der Waals surface area contributed by atoms with Crippen molar-refractivity contribution in [2.45, 2.75) is 52.1 Å². The molecule has 0 radical (unpaired) electrons. The predicted octanol–water partition coefficient (Wildman–Crippen LogP) is 2.72. The van der Waals surface area contributed by atoms with Crippen LogP contribution < -0.4 is 5.32 Å². The summed E-state index contributed by atoms with van der Waals surface area (Å²) in [5.41, 5.74) is 1.39. The van der Waals surface area contributed by atoms with Gasteiger partial charge in [0.2, 0.25) is 0 Å². The molecule has 1 heterocycles. The molecule has 0 aromatic carbocycles. The van der Waals surface area contributed by atoms with Crippen LogP contribution in [0.3, 0.4) is 0 Å². The maximum Gasteiger partial charge on any atom is 0.0416 e. The van der Waals surface area contributed by atoms with E-state index in [0.717, 1.165) is 19.5 Å². The van der Waals surface area contributed by atoms with Crippen LogP contribution in [-0.4, -0.2) is 41.6 Å². The van der Waals surface area contributed by atoms with Crippen LogP contribution in [0.5, 0.6) is 0 Å². The number of hydrogen-bond acceptors (Lipinski definition) is 3. The summed E-state index contributed by atoms with van der Waals surface area (Å²) in [7, 11) is 2.20. The van der Waals surface area contributed by atoms with Crippen LogP contribution in [0.15, 0.2) is 24.4 Å². The highest BCUT2D eigenvalue weighted by Gasteiger charge is 2.12. The zero-order valence-corrected chi connectivity index (χ0v) is 13.1. The van der Waals surface area contributed by atoms with Gasteiger partial charge in [0.25, 0.3) is 0 Å². The minimum Gasteiger partial charge on any atom is -0.312 e. The lowest BCUT2D eigenvalue weighted by Gasteiger charge is -2.27. The van der Waals surface area contributed by atoms with E-state index in [2.05, 4.69) is 62.1 Å². The molecular formula is C16H29N3. The van der Waals surface area contributed by atoms with E-state index >= 15 is 0 Å². The SMILES string of the molecule is CC(CCNC(C)(C)C)N(C)CCc1ccccn1. The Hall–Kier alpha value is -0.930. The molecule has 0 saturated heterocycles. The van der Waals surface area contributed by atoms with Crippen molar-refractivity contribution in [3.8, 4) is 0 Å². The van der Waals surface area contributed by atoms with Crippen LogP contribution in [0.2, 0.25) is 0 Å². The molecule has 0 saturated carbocycles. The number of nitrogens with one attached hydrogen (secondary N) is 1. The van der Waals surface area contributed by atoms with Crippen molar-refractivity contribution < 1.29 is 0 Å². The van der Waals surface area contributed by atoms with Crippen molar-refractivity contribution in [2.75, 3.05) is 20.1 Å². The van der Waals surface area contributed by atoms with E-state index in [4.69, 9.17) is 0 Å². The molecule has 19 heavy (non-hydrogen) atoms. The number of aromatic nitrogens is 1. The summed E-state index contributed by atoms with van der Waals surface area (Å²) in [4.78, 5) is 6.78. The lowest BCUT2D eigenvalue weighted by atomic mass is 10.1. The summed E-state index contributed by atoms with van der Waals surface area (Å²) in [6.45, 7) is 11.1. The lowest BCUT2D eigenvalue weighted by molar-refractivity contribution is 0.241. The monoisotopic (exact) mass is 263 g/mol. The van der Waals surface area contributed by atoms with Gasteiger partial charge in [0, 0.05) is 36.4 Å². The quantitative estimate of drug-likeness (QED) is 0.820. The normalized spacial score (nSPS) is 13.8. The largest absolute Gasteiger partial charge is 0.312 e. The van der Waals surface area contributed by atoms with E-state index in [0.29, 0.717) is 6.04 Å². The van der Waals surface area contributed by atoms with Crippen molar-refractivity contribution in [3.63, 3.8) is 0 Å². The first kappa shape index (κ1) is 16.1. The van der Waals surface area contributed by atoms with E-state index in [1.165, 1.54) is 12.1 Å². The first-order valence-electron chi connectivity index (χ1n) is 7.23. The molecule has 1 rings (SSSR count). The van der Waals surface area contributed by atoms with Crippen molar-refractivity contribution in [3.05, 3.63) is 30.1 Å². The van der Waals surface area contributed by atoms with Gasteiger partial charge in [-0.3, -0.25) is 4.98 Å². The molecule has 108 valence electrons. The molecule has 1 aromatic heterocycles. The van der Waals surface area contributed by atoms with Crippen molar-refractivity contribution in [1.29, 1.82) is 0 Å². The molecule has 1 aromatic rings. The minimum atomic E-state index is 0.215. The Bertz CT molecular complexity index is 343. The Morgan fingerprint density at radius 2 is 2.05 bits per heavy atom. The van der Waals surface area contributed by atoms with Gasteiger partial charge < -0.3 is 10.2 Å². The average molecular weight is 263 g/mol. The summed E-state index contributed by atoms with van der Waals surface area (Å²) >= 11 is 0. The van der Waals surface area contributed by atoms with Gasteiger partial charge in [-0.15, -0.1) is 0 Å². The Kier molecular flexibility index (Phi) is 6.46. The topological polar surface area (TPSA) is 28.2 Å². The van der Waals surface area contributed by atoms with Crippen molar-refractivity contribution in [1.82, 2.24) is 15.2 Å². The average Bonchev–Trinajstić information content (AvgIpc) is 2.35. The van der Waals surface area contributed by atoms with Crippen molar-refractivity contribution in [2.24, 2.45) is 0 Å². The summed E-state index contributed by atoms with van der Waals surface area (Å²) in [6, 6.07) is 6.71. The Labute approximate surface area is 118 Å². The van der Waals surface area contributed by atoms with Crippen molar-refractivity contribution >= 4 is 0 Å². The molecule has 0 aliphatic carbocycles. The van der Waals surface area contributed by atoms with Crippen LogP contribution in [0.1, 0.15) is 39.8 Å². The lowest BCUT2D eigenvalue weighted by Crippen LogP contribution is -2.40. The molecule has 1 atom stereocenters. The van der Waals surface area contributed by atoms with E-state index in [1.807, 2.05) is 12.3 Å². The molecule has 1 unspecified atom stereocenters. The Balaban J connectivity index is 2.23. The molecular weight excluding hydrogens is 234 g/mol. The fraction of sp³-hybridized carbons (Fsp3) is 0.688.